The summed E-state index contributed by atoms with van der Waals surface area (Å²) in [6.45, 7) is -0.254. The molecule has 0 aromatic heterocycles. The van der Waals surface area contributed by atoms with E-state index < -0.39 is 5.92 Å². The highest BCUT2D eigenvalue weighted by molar-refractivity contribution is 5.78. The quantitative estimate of drug-likeness (QED) is 0.655. The zero-order valence-electron chi connectivity index (χ0n) is 12.8. The number of piperidine rings is 1. The van der Waals surface area contributed by atoms with E-state index in [1.54, 1.807) is 0 Å². The van der Waals surface area contributed by atoms with Crippen LogP contribution < -0.4 is 4.90 Å². The second-order valence-corrected chi connectivity index (χ2v) is 6.53. The minimum Gasteiger partial charge on any atom is -0.461 e. The van der Waals surface area contributed by atoms with E-state index in [1.807, 2.05) is 30.3 Å². The lowest BCUT2D eigenvalue weighted by Crippen LogP contribution is -3.16. The lowest BCUT2D eigenvalue weighted by Gasteiger charge is -2.33. The second kappa shape index (κ2) is 6.36. The van der Waals surface area contributed by atoms with E-state index in [4.69, 9.17) is 4.74 Å². The molecule has 1 aromatic carbocycles. The van der Waals surface area contributed by atoms with Gasteiger partial charge >= 0.3 is 5.97 Å². The summed E-state index contributed by atoms with van der Waals surface area (Å²) >= 11 is 0. The van der Waals surface area contributed by atoms with Gasteiger partial charge in [0.2, 0.25) is 0 Å². The van der Waals surface area contributed by atoms with Gasteiger partial charge in [0.05, 0.1) is 19.7 Å². The van der Waals surface area contributed by atoms with Crippen molar-refractivity contribution in [3.05, 3.63) is 35.9 Å². The first kappa shape index (κ1) is 15.5. The van der Waals surface area contributed by atoms with Crippen LogP contribution in [0.1, 0.15) is 30.7 Å². The van der Waals surface area contributed by atoms with E-state index in [9.17, 15) is 15.0 Å². The first-order chi connectivity index (χ1) is 10.6. The summed E-state index contributed by atoms with van der Waals surface area (Å²) in [5.74, 6) is -0.997. The molecule has 0 radical (unpaired) electrons. The third-order valence-corrected chi connectivity index (χ3v) is 5.24. The molecule has 2 fully saturated rings. The van der Waals surface area contributed by atoms with Gasteiger partial charge in [0.25, 0.3) is 0 Å². The zero-order valence-corrected chi connectivity index (χ0v) is 12.8. The Morgan fingerprint density at radius 2 is 2.05 bits per heavy atom. The van der Waals surface area contributed by atoms with Crippen LogP contribution in [0.2, 0.25) is 0 Å². The standard InChI is InChI=1S/C17H23NO4/c1-18-12-7-13(9-15(18)16(20)8-12)22-17(21)14(10-19)11-5-3-2-4-6-11/h2-6,12-16,19-20H,7-10H2,1H3/p+1/t12-,13-,14-,15+,16-/m0/s1. The van der Waals surface area contributed by atoms with Gasteiger partial charge in [-0.2, -0.15) is 0 Å². The number of aliphatic hydroxyl groups is 2. The third-order valence-electron chi connectivity index (χ3n) is 5.24. The number of hydrogen-bond donors (Lipinski definition) is 3. The van der Waals surface area contributed by atoms with Gasteiger partial charge in [-0.1, -0.05) is 30.3 Å². The Bertz CT molecular complexity index is 521. The van der Waals surface area contributed by atoms with E-state index in [0.717, 1.165) is 18.4 Å². The van der Waals surface area contributed by atoms with Crippen molar-refractivity contribution in [2.24, 2.45) is 0 Å². The number of nitrogens with one attached hydrogen (secondary N) is 1. The molecule has 5 nitrogen and oxygen atoms in total. The number of fused-ring (bicyclic) bond motifs is 2. The van der Waals surface area contributed by atoms with Crippen molar-refractivity contribution in [2.75, 3.05) is 13.7 Å². The van der Waals surface area contributed by atoms with Crippen LogP contribution in [0.4, 0.5) is 0 Å². The average molecular weight is 306 g/mol. The fourth-order valence-corrected chi connectivity index (χ4v) is 3.91. The Morgan fingerprint density at radius 3 is 2.68 bits per heavy atom. The molecule has 1 unspecified atom stereocenters. The highest BCUT2D eigenvalue weighted by Crippen LogP contribution is 2.27. The fraction of sp³-hybridized carbons (Fsp3) is 0.588. The van der Waals surface area contributed by atoms with Gasteiger partial charge < -0.3 is 19.8 Å². The summed E-state index contributed by atoms with van der Waals surface area (Å²) in [6, 6.07) is 9.74. The molecule has 1 aromatic rings. The SMILES string of the molecule is C[NH+]1[C@H]2C[C@H](OC(=O)[C@@H](CO)c3ccccc3)C[C@@H]1[C@@H](O)C2. The first-order valence-electron chi connectivity index (χ1n) is 7.97. The van der Waals surface area contributed by atoms with E-state index in [1.165, 1.54) is 4.90 Å². The molecule has 120 valence electrons. The summed E-state index contributed by atoms with van der Waals surface area (Å²) in [5.41, 5.74) is 0.775. The van der Waals surface area contributed by atoms with Crippen molar-refractivity contribution in [3.63, 3.8) is 0 Å². The Kier molecular flexibility index (Phi) is 4.47. The maximum atomic E-state index is 12.4. The number of likely N-dealkylation sites (N-methyl/N-ethyl adjacent to an activating group) is 1. The fourth-order valence-electron chi connectivity index (χ4n) is 3.91. The molecule has 2 aliphatic heterocycles. The molecule has 22 heavy (non-hydrogen) atoms. The number of carbonyl (C=O) groups excluding carboxylic acids is 1. The van der Waals surface area contributed by atoms with E-state index >= 15 is 0 Å². The van der Waals surface area contributed by atoms with Crippen LogP contribution in [0.5, 0.6) is 0 Å². The predicted molar refractivity (Wildman–Crippen MR) is 80.5 cm³/mol. The Hall–Kier alpha value is -1.43. The smallest absolute Gasteiger partial charge is 0.316 e. The molecule has 0 saturated carbocycles. The van der Waals surface area contributed by atoms with Crippen LogP contribution in [0, 0.1) is 0 Å². The van der Waals surface area contributed by atoms with Crippen LogP contribution in [0.15, 0.2) is 30.3 Å². The van der Waals surface area contributed by atoms with Crippen LogP contribution in [-0.2, 0) is 9.53 Å². The minimum absolute atomic E-state index is 0.152. The highest BCUT2D eigenvalue weighted by atomic mass is 16.5. The Morgan fingerprint density at radius 1 is 1.32 bits per heavy atom. The van der Waals surface area contributed by atoms with Crippen LogP contribution in [-0.4, -0.2) is 54.1 Å². The van der Waals surface area contributed by atoms with Crippen LogP contribution in [0.25, 0.3) is 0 Å². The van der Waals surface area contributed by atoms with E-state index in [2.05, 4.69) is 7.05 Å². The molecule has 0 amide bonds. The minimum atomic E-state index is -0.629. The number of aliphatic hydroxyl groups excluding tert-OH is 2. The van der Waals surface area contributed by atoms with Crippen molar-refractivity contribution in [3.8, 4) is 0 Å². The summed E-state index contributed by atoms with van der Waals surface area (Å²) in [6.07, 6.45) is 1.82. The molecule has 2 bridgehead atoms. The molecule has 2 aliphatic rings. The average Bonchev–Trinajstić information content (AvgIpc) is 2.68. The molecule has 3 N–H and O–H groups in total. The maximum Gasteiger partial charge on any atom is 0.316 e. The molecule has 0 spiro atoms. The molecular weight excluding hydrogens is 282 g/mol. The largest absolute Gasteiger partial charge is 0.461 e. The van der Waals surface area contributed by atoms with Crippen molar-refractivity contribution >= 4 is 5.97 Å². The molecule has 5 heteroatoms. The normalized spacial score (nSPS) is 35.1. The summed E-state index contributed by atoms with van der Waals surface area (Å²) in [7, 11) is 2.10. The predicted octanol–water partition coefficient (Wildman–Crippen LogP) is -0.515. The van der Waals surface area contributed by atoms with Gasteiger partial charge in [0, 0.05) is 19.3 Å². The summed E-state index contributed by atoms with van der Waals surface area (Å²) < 4.78 is 5.65. The van der Waals surface area contributed by atoms with Gasteiger partial charge in [-0.25, -0.2) is 0 Å². The van der Waals surface area contributed by atoms with Crippen LogP contribution in [0.3, 0.4) is 0 Å². The second-order valence-electron chi connectivity index (χ2n) is 6.53. The maximum absolute atomic E-state index is 12.4. The number of quaternary nitrogens is 1. The van der Waals surface area contributed by atoms with Crippen molar-refractivity contribution < 1.29 is 24.6 Å². The number of carbonyl (C=O) groups is 1. The third kappa shape index (κ3) is 2.89. The van der Waals surface area contributed by atoms with Gasteiger partial charge in [0.15, 0.2) is 0 Å². The van der Waals surface area contributed by atoms with Gasteiger partial charge in [-0.15, -0.1) is 0 Å². The summed E-state index contributed by atoms with van der Waals surface area (Å²) in [5, 5.41) is 19.6. The Balaban J connectivity index is 1.65. The topological polar surface area (TPSA) is 71.2 Å². The van der Waals surface area contributed by atoms with E-state index in [-0.39, 0.29) is 30.8 Å². The van der Waals surface area contributed by atoms with Gasteiger partial charge in [0.1, 0.15) is 24.2 Å². The zero-order chi connectivity index (χ0) is 15.7. The molecular formula is C17H24NO4+. The highest BCUT2D eigenvalue weighted by Gasteiger charge is 2.49. The number of rotatable bonds is 4. The number of benzene rings is 1. The summed E-state index contributed by atoms with van der Waals surface area (Å²) in [4.78, 5) is 13.7. The van der Waals surface area contributed by atoms with Crippen molar-refractivity contribution in [2.45, 2.75) is 49.5 Å². The van der Waals surface area contributed by atoms with Crippen LogP contribution >= 0.6 is 0 Å². The van der Waals surface area contributed by atoms with Gasteiger partial charge in [-0.3, -0.25) is 4.79 Å². The monoisotopic (exact) mass is 306 g/mol. The molecule has 2 saturated heterocycles. The lowest BCUT2D eigenvalue weighted by molar-refractivity contribution is -0.924. The number of esters is 1. The van der Waals surface area contributed by atoms with Crippen molar-refractivity contribution in [1.82, 2.24) is 0 Å². The molecule has 6 atom stereocenters. The van der Waals surface area contributed by atoms with Crippen molar-refractivity contribution in [1.29, 1.82) is 0 Å². The molecule has 3 rings (SSSR count). The molecule has 0 aliphatic carbocycles. The van der Waals surface area contributed by atoms with E-state index in [0.29, 0.717) is 12.5 Å². The Labute approximate surface area is 130 Å². The number of hydrogen-bond acceptors (Lipinski definition) is 4. The lowest BCUT2D eigenvalue weighted by atomic mass is 9.98. The van der Waals surface area contributed by atoms with Gasteiger partial charge in [-0.05, 0) is 5.56 Å². The first-order valence-corrected chi connectivity index (χ1v) is 7.97. The number of ether oxygens (including phenoxy) is 1. The molecule has 2 heterocycles.